The fourth-order valence-electron chi connectivity index (χ4n) is 5.19. The zero-order valence-corrected chi connectivity index (χ0v) is 27.6. The van der Waals surface area contributed by atoms with E-state index in [0.717, 1.165) is 23.8 Å². The molecule has 5 rings (SSSR count). The van der Waals surface area contributed by atoms with Crippen molar-refractivity contribution < 1.29 is 27.4 Å². The number of anilines is 2. The van der Waals surface area contributed by atoms with Crippen LogP contribution in [0.15, 0.2) is 60.9 Å². The van der Waals surface area contributed by atoms with Gasteiger partial charge in [-0.1, -0.05) is 24.3 Å². The minimum Gasteiger partial charge on any atom is -0.444 e. The Morgan fingerprint density at radius 1 is 1.04 bits per heavy atom. The van der Waals surface area contributed by atoms with E-state index in [-0.39, 0.29) is 24.5 Å². The molecule has 0 unspecified atom stereocenters. The minimum atomic E-state index is -3.62. The highest BCUT2D eigenvalue weighted by Gasteiger charge is 2.28. The van der Waals surface area contributed by atoms with Crippen molar-refractivity contribution in [3.05, 3.63) is 66.5 Å². The van der Waals surface area contributed by atoms with Crippen LogP contribution in [-0.4, -0.2) is 78.6 Å². The molecule has 12 nitrogen and oxygen atoms in total. The van der Waals surface area contributed by atoms with E-state index in [4.69, 9.17) is 19.2 Å². The Bertz CT molecular complexity index is 1810. The second-order valence-corrected chi connectivity index (χ2v) is 14.0. The Kier molecular flexibility index (Phi) is 9.92. The van der Waals surface area contributed by atoms with Crippen LogP contribution in [0, 0.1) is 6.92 Å². The van der Waals surface area contributed by atoms with Gasteiger partial charge in [0.15, 0.2) is 0 Å². The number of carbonyl (C=O) groups excluding carboxylic acids is 1. The van der Waals surface area contributed by atoms with E-state index in [1.165, 1.54) is 7.11 Å². The summed E-state index contributed by atoms with van der Waals surface area (Å²) < 4.78 is 44.9. The average Bonchev–Trinajstić information content (AvgIpc) is 3.01. The summed E-state index contributed by atoms with van der Waals surface area (Å²) in [5, 5.41) is 4.79. The number of hydrogen-bond donors (Lipinski definition) is 2. The third-order valence-corrected chi connectivity index (χ3v) is 8.57. The van der Waals surface area contributed by atoms with E-state index in [2.05, 4.69) is 20.0 Å². The highest BCUT2D eigenvalue weighted by Crippen LogP contribution is 2.39. The van der Waals surface area contributed by atoms with Crippen molar-refractivity contribution >= 4 is 38.5 Å². The third-order valence-electron chi connectivity index (χ3n) is 7.34. The minimum absolute atomic E-state index is 0.0411. The molecule has 0 aliphatic carbocycles. The number of ether oxygens (including phenoxy) is 3. The number of likely N-dealkylation sites (tertiary alicyclic amines) is 1. The monoisotopic (exact) mass is 648 g/mol. The van der Waals surface area contributed by atoms with E-state index < -0.39 is 15.6 Å². The number of amides is 1. The molecule has 0 saturated carbocycles. The van der Waals surface area contributed by atoms with E-state index in [9.17, 15) is 13.2 Å². The van der Waals surface area contributed by atoms with Gasteiger partial charge in [0.05, 0.1) is 29.3 Å². The van der Waals surface area contributed by atoms with Gasteiger partial charge in [0.2, 0.25) is 21.9 Å². The van der Waals surface area contributed by atoms with E-state index in [1.807, 2.05) is 52.0 Å². The molecule has 1 saturated heterocycles. The van der Waals surface area contributed by atoms with E-state index in [1.54, 1.807) is 41.6 Å². The Balaban J connectivity index is 1.39. The fraction of sp³-hybridized carbons (Fsp3) is 0.394. The Labute approximate surface area is 269 Å². The summed E-state index contributed by atoms with van der Waals surface area (Å²) in [6, 6.07) is 14.5. The fourth-order valence-corrected chi connectivity index (χ4v) is 6.19. The summed E-state index contributed by atoms with van der Waals surface area (Å²) >= 11 is 0. The van der Waals surface area contributed by atoms with Gasteiger partial charge in [-0.15, -0.1) is 0 Å². The second kappa shape index (κ2) is 13.9. The summed E-state index contributed by atoms with van der Waals surface area (Å²) in [5.41, 5.74) is 1.98. The maximum absolute atomic E-state index is 12.7. The van der Waals surface area contributed by atoms with Crippen LogP contribution in [0.4, 0.5) is 16.4 Å². The largest absolute Gasteiger partial charge is 0.444 e. The van der Waals surface area contributed by atoms with Crippen molar-refractivity contribution in [3.63, 3.8) is 0 Å². The van der Waals surface area contributed by atoms with Crippen molar-refractivity contribution in [2.75, 3.05) is 42.6 Å². The third kappa shape index (κ3) is 8.20. The lowest BCUT2D eigenvalue weighted by Gasteiger charge is -2.34. The molecule has 2 N–H and O–H groups in total. The predicted molar refractivity (Wildman–Crippen MR) is 178 cm³/mol. The van der Waals surface area contributed by atoms with E-state index in [0.29, 0.717) is 53.0 Å². The van der Waals surface area contributed by atoms with Crippen LogP contribution in [0.25, 0.3) is 22.0 Å². The molecule has 1 amide bonds. The number of nitrogens with zero attached hydrogens (tertiary/aromatic N) is 4. The van der Waals surface area contributed by atoms with Crippen LogP contribution in [0.2, 0.25) is 0 Å². The first-order valence-corrected chi connectivity index (χ1v) is 16.8. The molecule has 0 bridgehead atoms. The van der Waals surface area contributed by atoms with E-state index >= 15 is 0 Å². The smallest absolute Gasteiger partial charge is 0.410 e. The number of pyridine rings is 1. The lowest BCUT2D eigenvalue weighted by Crippen LogP contribution is -2.47. The summed E-state index contributed by atoms with van der Waals surface area (Å²) in [4.78, 5) is 28.1. The first kappa shape index (κ1) is 32.9. The number of aromatic nitrogens is 3. The lowest BCUT2D eigenvalue weighted by molar-refractivity contribution is 0.0206. The van der Waals surface area contributed by atoms with Crippen LogP contribution >= 0.6 is 0 Å². The standard InChI is InChI=1S/C33H40N6O6S/c1-22-13-14-24-25(10-6-12-28(24)38-46(41,42)20-19-43-5)29(22)44-30-26(11-7-16-34-30)27-15-17-35-31(37-27)36-23-9-8-18-39(21-23)32(40)45-33(2,3)4/h6-7,10-17,23,38H,8-9,18-21H2,1-5H3,(H,35,36,37)/t23-/m0/s1. The maximum Gasteiger partial charge on any atom is 0.410 e. The van der Waals surface area contributed by atoms with Crippen LogP contribution in [0.5, 0.6) is 11.6 Å². The van der Waals surface area contributed by atoms with Crippen LogP contribution in [0.1, 0.15) is 39.2 Å². The second-order valence-electron chi connectivity index (χ2n) is 12.2. The number of sulfonamides is 1. The molecule has 0 spiro atoms. The SMILES string of the molecule is COCCS(=O)(=O)Nc1cccc2c(Oc3ncccc3-c3ccnc(N[C@H]4CCCN(C(=O)OC(C)(C)C)C4)n3)c(C)ccc12. The van der Waals surface area contributed by atoms with Crippen molar-refractivity contribution in [3.8, 4) is 22.9 Å². The topological polar surface area (TPSA) is 145 Å². The molecule has 1 atom stereocenters. The molecular weight excluding hydrogens is 608 g/mol. The number of hydrogen-bond acceptors (Lipinski definition) is 10. The number of methoxy groups -OCH3 is 1. The molecule has 2 aromatic heterocycles. The van der Waals surface area contributed by atoms with Gasteiger partial charge in [0, 0.05) is 49.4 Å². The molecule has 1 aliphatic heterocycles. The zero-order chi connectivity index (χ0) is 32.9. The zero-order valence-electron chi connectivity index (χ0n) is 26.7. The Morgan fingerprint density at radius 3 is 2.65 bits per heavy atom. The number of fused-ring (bicyclic) bond motifs is 1. The quantitative estimate of drug-likeness (QED) is 0.210. The molecule has 4 aromatic rings. The summed E-state index contributed by atoms with van der Waals surface area (Å²) in [6.45, 7) is 8.69. The van der Waals surface area contributed by atoms with Gasteiger partial charge in [-0.3, -0.25) is 4.72 Å². The van der Waals surface area contributed by atoms with Crippen LogP contribution in [-0.2, 0) is 19.5 Å². The first-order valence-electron chi connectivity index (χ1n) is 15.1. The van der Waals surface area contributed by atoms with Crippen LogP contribution < -0.4 is 14.8 Å². The molecular formula is C33H40N6O6S. The Hall–Kier alpha value is -4.49. The van der Waals surface area contributed by atoms with Crippen LogP contribution in [0.3, 0.4) is 0 Å². The average molecular weight is 649 g/mol. The van der Waals surface area contributed by atoms with Gasteiger partial charge >= 0.3 is 6.09 Å². The molecule has 1 fully saturated rings. The maximum atomic E-state index is 12.7. The van der Waals surface area contributed by atoms with Gasteiger partial charge in [0.25, 0.3) is 0 Å². The van der Waals surface area contributed by atoms with Gasteiger partial charge in [0.1, 0.15) is 11.4 Å². The number of aryl methyl sites for hydroxylation is 1. The van der Waals surface area contributed by atoms with Crippen molar-refractivity contribution in [1.29, 1.82) is 0 Å². The van der Waals surface area contributed by atoms with Crippen molar-refractivity contribution in [2.24, 2.45) is 0 Å². The van der Waals surface area contributed by atoms with Gasteiger partial charge in [-0.05, 0) is 70.4 Å². The van der Waals surface area contributed by atoms with Crippen molar-refractivity contribution in [2.45, 2.75) is 52.2 Å². The number of carbonyl (C=O) groups is 1. The molecule has 2 aromatic carbocycles. The molecule has 0 radical (unpaired) electrons. The molecule has 1 aliphatic rings. The van der Waals surface area contributed by atoms with Gasteiger partial charge in [-0.2, -0.15) is 0 Å². The lowest BCUT2D eigenvalue weighted by atomic mass is 10.0. The number of piperidine rings is 1. The summed E-state index contributed by atoms with van der Waals surface area (Å²) in [6.07, 6.45) is 4.67. The number of nitrogens with one attached hydrogen (secondary N) is 2. The number of rotatable bonds is 10. The van der Waals surface area contributed by atoms with Crippen molar-refractivity contribution in [1.82, 2.24) is 19.9 Å². The summed E-state index contributed by atoms with van der Waals surface area (Å²) in [7, 11) is -2.16. The Morgan fingerprint density at radius 2 is 1.87 bits per heavy atom. The molecule has 244 valence electrons. The first-order chi connectivity index (χ1) is 21.9. The van der Waals surface area contributed by atoms with Gasteiger partial charge in [-0.25, -0.2) is 28.2 Å². The van der Waals surface area contributed by atoms with Gasteiger partial charge < -0.3 is 24.4 Å². The predicted octanol–water partition coefficient (Wildman–Crippen LogP) is 5.99. The highest BCUT2D eigenvalue weighted by molar-refractivity contribution is 7.92. The molecule has 3 heterocycles. The normalized spacial score (nSPS) is 15.4. The summed E-state index contributed by atoms with van der Waals surface area (Å²) in [5.74, 6) is 1.15. The number of benzene rings is 2. The molecule has 13 heteroatoms. The highest BCUT2D eigenvalue weighted by atomic mass is 32.2. The molecule has 46 heavy (non-hydrogen) atoms.